The zero-order valence-electron chi connectivity index (χ0n) is 16.6. The molecule has 0 saturated carbocycles. The predicted molar refractivity (Wildman–Crippen MR) is 112 cm³/mol. The Morgan fingerprint density at radius 3 is 2.79 bits per heavy atom. The highest BCUT2D eigenvalue weighted by Crippen LogP contribution is 2.24. The van der Waals surface area contributed by atoms with Gasteiger partial charge < -0.3 is 19.6 Å². The predicted octanol–water partition coefficient (Wildman–Crippen LogP) is 1.94. The van der Waals surface area contributed by atoms with Crippen LogP contribution in [0.5, 0.6) is 0 Å². The number of hydrogen-bond acceptors (Lipinski definition) is 4. The van der Waals surface area contributed by atoms with Crippen molar-refractivity contribution in [2.45, 2.75) is 20.4 Å². The number of aromatic nitrogens is 2. The number of aromatic amines is 1. The largest absolute Gasteiger partial charge is 0.449 e. The van der Waals surface area contributed by atoms with E-state index in [2.05, 4.69) is 15.3 Å². The van der Waals surface area contributed by atoms with E-state index >= 15 is 0 Å². The molecule has 4 rings (SSSR count). The Kier molecular flexibility index (Phi) is 4.90. The molecule has 0 spiro atoms. The first-order valence-electron chi connectivity index (χ1n) is 9.50. The lowest BCUT2D eigenvalue weighted by Gasteiger charge is -2.14. The van der Waals surface area contributed by atoms with Gasteiger partial charge in [-0.1, -0.05) is 24.3 Å². The van der Waals surface area contributed by atoms with Crippen LogP contribution in [0.1, 0.15) is 17.0 Å². The molecule has 0 aliphatic rings. The van der Waals surface area contributed by atoms with Crippen LogP contribution in [0.25, 0.3) is 22.1 Å². The number of nitrogens with zero attached hydrogens (tertiary/aromatic N) is 1. The van der Waals surface area contributed by atoms with Crippen molar-refractivity contribution < 1.29 is 14.1 Å². The highest BCUT2D eigenvalue weighted by molar-refractivity contribution is 6.01. The first-order valence-corrected chi connectivity index (χ1v) is 9.50. The van der Waals surface area contributed by atoms with Crippen LogP contribution in [0.2, 0.25) is 0 Å². The fourth-order valence-corrected chi connectivity index (χ4v) is 3.43. The van der Waals surface area contributed by atoms with Crippen molar-refractivity contribution in [3.63, 3.8) is 0 Å². The van der Waals surface area contributed by atoms with Crippen LogP contribution in [0.15, 0.2) is 51.7 Å². The minimum Gasteiger partial charge on any atom is -0.449 e. The van der Waals surface area contributed by atoms with Gasteiger partial charge in [0.05, 0.1) is 7.05 Å². The summed E-state index contributed by atoms with van der Waals surface area (Å²) >= 11 is 0. The number of furan rings is 1. The second-order valence-corrected chi connectivity index (χ2v) is 7.39. The van der Waals surface area contributed by atoms with Gasteiger partial charge in [-0.15, -0.1) is 0 Å². The lowest BCUT2D eigenvalue weighted by molar-refractivity contribution is -0.885. The number of para-hydroxylation sites is 1. The summed E-state index contributed by atoms with van der Waals surface area (Å²) in [6.45, 7) is 4.66. The summed E-state index contributed by atoms with van der Waals surface area (Å²) in [5.74, 6) is 0.430. The third-order valence-electron chi connectivity index (χ3n) is 5.09. The molecule has 0 radical (unpaired) electrons. The summed E-state index contributed by atoms with van der Waals surface area (Å²) in [5, 5.41) is 3.77. The van der Waals surface area contributed by atoms with E-state index in [0.29, 0.717) is 23.5 Å². The maximum absolute atomic E-state index is 12.5. The van der Waals surface area contributed by atoms with Gasteiger partial charge >= 0.3 is 0 Å². The Labute approximate surface area is 167 Å². The van der Waals surface area contributed by atoms with Gasteiger partial charge in [-0.05, 0) is 43.2 Å². The smallest absolute Gasteiger partial charge is 0.294 e. The molecule has 7 heteroatoms. The topological polar surface area (TPSA) is 92.4 Å². The minimum atomic E-state index is -0.311. The molecule has 7 nitrogen and oxygen atoms in total. The van der Waals surface area contributed by atoms with Crippen molar-refractivity contribution in [2.75, 3.05) is 18.9 Å². The van der Waals surface area contributed by atoms with Crippen LogP contribution >= 0.6 is 0 Å². The van der Waals surface area contributed by atoms with E-state index in [4.69, 9.17) is 4.42 Å². The van der Waals surface area contributed by atoms with E-state index in [1.807, 2.05) is 63.4 Å². The lowest BCUT2D eigenvalue weighted by atomic mass is 10.1. The fraction of sp³-hybridized carbons (Fsp3) is 0.227. The molecular weight excluding hydrogens is 368 g/mol. The molecule has 2 aromatic heterocycles. The van der Waals surface area contributed by atoms with Crippen LogP contribution in [0.4, 0.5) is 5.69 Å². The molecule has 0 bridgehead atoms. The number of likely N-dealkylation sites (N-methyl/N-ethyl adjacent to an activating group) is 1. The Bertz CT molecular complexity index is 1270. The van der Waals surface area contributed by atoms with Crippen LogP contribution in [0.3, 0.4) is 0 Å². The summed E-state index contributed by atoms with van der Waals surface area (Å²) in [6.07, 6.45) is 0. The van der Waals surface area contributed by atoms with Gasteiger partial charge in [-0.25, -0.2) is 4.98 Å². The second-order valence-electron chi connectivity index (χ2n) is 7.39. The van der Waals surface area contributed by atoms with E-state index in [0.717, 1.165) is 27.1 Å². The Morgan fingerprint density at radius 2 is 1.97 bits per heavy atom. The first kappa shape index (κ1) is 18.9. The average molecular weight is 391 g/mol. The van der Waals surface area contributed by atoms with Crippen LogP contribution in [0, 0.1) is 13.8 Å². The van der Waals surface area contributed by atoms with E-state index in [9.17, 15) is 9.59 Å². The molecule has 0 saturated heterocycles. The number of amides is 1. The van der Waals surface area contributed by atoms with Crippen molar-refractivity contribution in [3.05, 3.63) is 69.8 Å². The number of aryl methyl sites for hydroxylation is 1. The van der Waals surface area contributed by atoms with E-state index in [1.165, 1.54) is 0 Å². The molecule has 1 amide bonds. The monoisotopic (exact) mass is 391 g/mol. The molecular formula is C22H23N4O3+. The van der Waals surface area contributed by atoms with Crippen LogP contribution < -0.4 is 15.8 Å². The number of benzene rings is 2. The normalized spacial score (nSPS) is 12.4. The molecule has 0 fully saturated rings. The van der Waals surface area contributed by atoms with E-state index in [-0.39, 0.29) is 23.6 Å². The van der Waals surface area contributed by atoms with Crippen molar-refractivity contribution in [2.24, 2.45) is 0 Å². The molecule has 4 aromatic rings. The molecule has 148 valence electrons. The number of quaternary nitrogens is 1. The second kappa shape index (κ2) is 7.52. The summed E-state index contributed by atoms with van der Waals surface area (Å²) in [6, 6.07) is 13.3. The standard InChI is InChI=1S/C22H22N4O3/c1-13-7-6-9-16(14(13)2)23-19(27)12-26(3)11-18-24-20-15-8-4-5-10-17(15)29-21(20)22(28)25-18/h4-10H,11-12H2,1-3H3,(H,23,27)(H,24,25,28)/p+1. The van der Waals surface area contributed by atoms with Gasteiger partial charge in [0.1, 0.15) is 17.6 Å². The number of H-pyrrole nitrogens is 1. The highest BCUT2D eigenvalue weighted by Gasteiger charge is 2.17. The maximum Gasteiger partial charge on any atom is 0.294 e. The number of fused-ring (bicyclic) bond motifs is 3. The highest BCUT2D eigenvalue weighted by atomic mass is 16.3. The van der Waals surface area contributed by atoms with Gasteiger partial charge in [-0.3, -0.25) is 9.59 Å². The molecule has 1 unspecified atom stereocenters. The number of hydrogen-bond donors (Lipinski definition) is 3. The molecule has 3 N–H and O–H groups in total. The number of carbonyl (C=O) groups excluding carboxylic acids is 1. The summed E-state index contributed by atoms with van der Waals surface area (Å²) < 4.78 is 5.62. The minimum absolute atomic E-state index is 0.0895. The number of nitrogens with one attached hydrogen (secondary N) is 3. The van der Waals surface area contributed by atoms with Gasteiger partial charge in [0.15, 0.2) is 12.4 Å². The zero-order chi connectivity index (χ0) is 20.5. The Morgan fingerprint density at radius 1 is 1.17 bits per heavy atom. The summed E-state index contributed by atoms with van der Waals surface area (Å²) in [4.78, 5) is 33.1. The van der Waals surface area contributed by atoms with Crippen molar-refractivity contribution >= 4 is 33.7 Å². The fourth-order valence-electron chi connectivity index (χ4n) is 3.43. The van der Waals surface area contributed by atoms with Gasteiger partial charge in [-0.2, -0.15) is 0 Å². The Hall–Kier alpha value is -3.45. The maximum atomic E-state index is 12.5. The van der Waals surface area contributed by atoms with Crippen LogP contribution in [-0.4, -0.2) is 29.5 Å². The number of carbonyl (C=O) groups is 1. The quantitative estimate of drug-likeness (QED) is 0.485. The molecule has 0 aliphatic carbocycles. The van der Waals surface area contributed by atoms with Crippen molar-refractivity contribution in [1.29, 1.82) is 0 Å². The summed E-state index contributed by atoms with van der Waals surface area (Å²) in [7, 11) is 1.89. The molecule has 2 aromatic carbocycles. The Balaban J connectivity index is 1.50. The van der Waals surface area contributed by atoms with Gasteiger partial charge in [0, 0.05) is 11.1 Å². The third-order valence-corrected chi connectivity index (χ3v) is 5.09. The number of anilines is 1. The molecule has 2 heterocycles. The average Bonchev–Trinajstić information content (AvgIpc) is 3.05. The first-order chi connectivity index (χ1) is 13.9. The van der Waals surface area contributed by atoms with Crippen molar-refractivity contribution in [3.8, 4) is 0 Å². The van der Waals surface area contributed by atoms with Gasteiger partial charge in [0.25, 0.3) is 11.5 Å². The lowest BCUT2D eigenvalue weighted by Crippen LogP contribution is -3.08. The van der Waals surface area contributed by atoms with Gasteiger partial charge in [0.2, 0.25) is 5.58 Å². The van der Waals surface area contributed by atoms with E-state index < -0.39 is 0 Å². The third kappa shape index (κ3) is 3.77. The van der Waals surface area contributed by atoms with Crippen molar-refractivity contribution in [1.82, 2.24) is 9.97 Å². The molecule has 29 heavy (non-hydrogen) atoms. The zero-order valence-corrected chi connectivity index (χ0v) is 16.6. The summed E-state index contributed by atoms with van der Waals surface area (Å²) in [5.41, 5.74) is 4.10. The molecule has 0 aliphatic heterocycles. The SMILES string of the molecule is Cc1cccc(NC(=O)C[NH+](C)Cc2nc3c(oc4ccccc43)c(=O)[nH]2)c1C. The van der Waals surface area contributed by atoms with E-state index in [1.54, 1.807) is 0 Å². The molecule has 1 atom stereocenters. The van der Waals surface area contributed by atoms with Crippen LogP contribution in [-0.2, 0) is 11.3 Å². The number of rotatable bonds is 5.